The molecule has 0 bridgehead atoms. The fourth-order valence-corrected chi connectivity index (χ4v) is 5.55. The highest BCUT2D eigenvalue weighted by Crippen LogP contribution is 2.43. The first-order chi connectivity index (χ1) is 16.0. The standard InChI is InChI=1S/C25H25N3O4S/c1-17-6-8-18(9-7-17)28-22(29)16-19(23(28)21-5-3-15-33-21)24(30)26-10-12-27(13-11-26)25(31)20-4-2-14-32-20/h2-9,14-15,19,23H,10-13,16H2,1H3/t19-,23-/m1/s1. The third kappa shape index (κ3) is 4.06. The molecule has 1 aromatic carbocycles. The Morgan fingerprint density at radius 2 is 1.70 bits per heavy atom. The van der Waals surface area contributed by atoms with Crippen molar-refractivity contribution in [3.63, 3.8) is 0 Å². The smallest absolute Gasteiger partial charge is 0.289 e. The zero-order valence-electron chi connectivity index (χ0n) is 18.3. The van der Waals surface area contributed by atoms with Crippen LogP contribution in [0.15, 0.2) is 64.6 Å². The van der Waals surface area contributed by atoms with Crippen molar-refractivity contribution < 1.29 is 18.8 Å². The summed E-state index contributed by atoms with van der Waals surface area (Å²) in [4.78, 5) is 45.6. The predicted octanol–water partition coefficient (Wildman–Crippen LogP) is 3.73. The summed E-state index contributed by atoms with van der Waals surface area (Å²) in [6.07, 6.45) is 1.66. The van der Waals surface area contributed by atoms with Gasteiger partial charge in [-0.15, -0.1) is 11.3 Å². The van der Waals surface area contributed by atoms with Crippen LogP contribution in [0.4, 0.5) is 5.69 Å². The van der Waals surface area contributed by atoms with Gasteiger partial charge in [0.25, 0.3) is 5.91 Å². The Balaban J connectivity index is 1.34. The van der Waals surface area contributed by atoms with Crippen molar-refractivity contribution in [3.8, 4) is 0 Å². The monoisotopic (exact) mass is 463 g/mol. The summed E-state index contributed by atoms with van der Waals surface area (Å²) in [5.74, 6) is -0.374. The minimum Gasteiger partial charge on any atom is -0.459 e. The highest BCUT2D eigenvalue weighted by atomic mass is 32.1. The highest BCUT2D eigenvalue weighted by Gasteiger charge is 2.47. The first-order valence-corrected chi connectivity index (χ1v) is 11.9. The topological polar surface area (TPSA) is 74.1 Å². The number of carbonyl (C=O) groups excluding carboxylic acids is 3. The minimum absolute atomic E-state index is 0.0264. The molecule has 0 N–H and O–H groups in total. The van der Waals surface area contributed by atoms with E-state index in [1.165, 1.54) is 6.26 Å². The van der Waals surface area contributed by atoms with Crippen molar-refractivity contribution >= 4 is 34.7 Å². The summed E-state index contributed by atoms with van der Waals surface area (Å²) in [6, 6.07) is 14.8. The lowest BCUT2D eigenvalue weighted by Crippen LogP contribution is -2.52. The number of piperazine rings is 1. The van der Waals surface area contributed by atoms with Gasteiger partial charge >= 0.3 is 0 Å². The molecule has 0 spiro atoms. The molecule has 3 amide bonds. The molecule has 4 heterocycles. The zero-order valence-corrected chi connectivity index (χ0v) is 19.2. The third-order valence-corrected chi connectivity index (χ3v) is 7.34. The van der Waals surface area contributed by atoms with Crippen LogP contribution in [0.2, 0.25) is 0 Å². The lowest BCUT2D eigenvalue weighted by molar-refractivity contribution is -0.138. The number of anilines is 1. The second-order valence-corrected chi connectivity index (χ2v) is 9.44. The van der Waals surface area contributed by atoms with Gasteiger partial charge in [0.15, 0.2) is 5.76 Å². The van der Waals surface area contributed by atoms with Gasteiger partial charge in [-0.05, 0) is 42.6 Å². The van der Waals surface area contributed by atoms with E-state index in [4.69, 9.17) is 4.42 Å². The van der Waals surface area contributed by atoms with Gasteiger partial charge in [-0.1, -0.05) is 23.8 Å². The highest BCUT2D eigenvalue weighted by molar-refractivity contribution is 7.10. The van der Waals surface area contributed by atoms with E-state index in [0.717, 1.165) is 16.1 Å². The number of nitrogens with zero attached hydrogens (tertiary/aromatic N) is 3. The molecule has 5 rings (SSSR count). The molecule has 2 atom stereocenters. The van der Waals surface area contributed by atoms with Crippen molar-refractivity contribution in [2.24, 2.45) is 5.92 Å². The van der Waals surface area contributed by atoms with E-state index in [2.05, 4.69) is 0 Å². The number of furan rings is 1. The van der Waals surface area contributed by atoms with Crippen LogP contribution >= 0.6 is 11.3 Å². The molecular formula is C25H25N3O4S. The molecule has 2 aromatic heterocycles. The fourth-order valence-electron chi connectivity index (χ4n) is 4.67. The number of rotatable bonds is 4. The van der Waals surface area contributed by atoms with E-state index < -0.39 is 5.92 Å². The third-order valence-electron chi connectivity index (χ3n) is 6.40. The van der Waals surface area contributed by atoms with E-state index in [9.17, 15) is 14.4 Å². The van der Waals surface area contributed by atoms with Gasteiger partial charge in [-0.3, -0.25) is 14.4 Å². The molecule has 170 valence electrons. The lowest BCUT2D eigenvalue weighted by atomic mass is 9.96. The number of aryl methyl sites for hydroxylation is 1. The molecule has 2 saturated heterocycles. The Kier molecular flexibility index (Phi) is 5.76. The second-order valence-electron chi connectivity index (χ2n) is 8.46. The maximum absolute atomic E-state index is 13.6. The van der Waals surface area contributed by atoms with Gasteiger partial charge in [0.2, 0.25) is 11.8 Å². The van der Waals surface area contributed by atoms with Crippen LogP contribution in [-0.2, 0) is 9.59 Å². The number of thiophene rings is 1. The van der Waals surface area contributed by atoms with Crippen molar-refractivity contribution in [1.29, 1.82) is 0 Å². The molecule has 2 aliphatic rings. The molecule has 0 unspecified atom stereocenters. The van der Waals surface area contributed by atoms with E-state index in [1.54, 1.807) is 38.2 Å². The lowest BCUT2D eigenvalue weighted by Gasteiger charge is -2.36. The first-order valence-electron chi connectivity index (χ1n) is 11.1. The van der Waals surface area contributed by atoms with Crippen LogP contribution in [0.3, 0.4) is 0 Å². The van der Waals surface area contributed by atoms with Gasteiger partial charge in [-0.25, -0.2) is 0 Å². The zero-order chi connectivity index (χ0) is 22.9. The van der Waals surface area contributed by atoms with Crippen LogP contribution in [0.5, 0.6) is 0 Å². The van der Waals surface area contributed by atoms with Crippen LogP contribution in [0.25, 0.3) is 0 Å². The summed E-state index contributed by atoms with van der Waals surface area (Å²) in [6.45, 7) is 3.78. The Morgan fingerprint density at radius 3 is 2.33 bits per heavy atom. The number of hydrogen-bond acceptors (Lipinski definition) is 5. The largest absolute Gasteiger partial charge is 0.459 e. The number of hydrogen-bond donors (Lipinski definition) is 0. The number of benzene rings is 1. The van der Waals surface area contributed by atoms with Crippen LogP contribution < -0.4 is 4.90 Å². The summed E-state index contributed by atoms with van der Waals surface area (Å²) >= 11 is 1.57. The molecule has 0 radical (unpaired) electrons. The fraction of sp³-hybridized carbons (Fsp3) is 0.320. The number of amides is 3. The molecule has 33 heavy (non-hydrogen) atoms. The van der Waals surface area contributed by atoms with E-state index in [0.29, 0.717) is 31.9 Å². The molecule has 2 aliphatic heterocycles. The van der Waals surface area contributed by atoms with E-state index >= 15 is 0 Å². The minimum atomic E-state index is -0.454. The Labute approximate surface area is 196 Å². The van der Waals surface area contributed by atoms with Crippen molar-refractivity contribution in [1.82, 2.24) is 9.80 Å². The first kappa shape index (κ1) is 21.5. The molecule has 7 nitrogen and oxygen atoms in total. The molecule has 0 saturated carbocycles. The van der Waals surface area contributed by atoms with Gasteiger partial charge < -0.3 is 19.1 Å². The summed E-state index contributed by atoms with van der Waals surface area (Å²) < 4.78 is 5.22. The average molecular weight is 464 g/mol. The molecule has 8 heteroatoms. The summed E-state index contributed by atoms with van der Waals surface area (Å²) in [5, 5.41) is 1.98. The SMILES string of the molecule is Cc1ccc(N2C(=O)C[C@@H](C(=O)N3CCN(C(=O)c4ccco4)CC3)[C@@H]2c2cccs2)cc1. The summed E-state index contributed by atoms with van der Waals surface area (Å²) in [5.41, 5.74) is 1.93. The van der Waals surface area contributed by atoms with Crippen LogP contribution in [0.1, 0.15) is 33.5 Å². The number of carbonyl (C=O) groups is 3. The van der Waals surface area contributed by atoms with Crippen LogP contribution in [0, 0.1) is 12.8 Å². The van der Waals surface area contributed by atoms with Crippen LogP contribution in [-0.4, -0.2) is 53.7 Å². The summed E-state index contributed by atoms with van der Waals surface area (Å²) in [7, 11) is 0. The maximum atomic E-state index is 13.6. The maximum Gasteiger partial charge on any atom is 0.289 e. The predicted molar refractivity (Wildman–Crippen MR) is 125 cm³/mol. The molecule has 0 aliphatic carbocycles. The molecular weight excluding hydrogens is 438 g/mol. The average Bonchev–Trinajstić information content (AvgIpc) is 3.60. The Hall–Kier alpha value is -3.39. The van der Waals surface area contributed by atoms with Crippen molar-refractivity contribution in [2.45, 2.75) is 19.4 Å². The molecule has 3 aromatic rings. The molecule has 2 fully saturated rings. The Bertz CT molecular complexity index is 1130. The van der Waals surface area contributed by atoms with Gasteiger partial charge in [0, 0.05) is 43.2 Å². The normalized spacial score (nSPS) is 21.0. The van der Waals surface area contributed by atoms with Gasteiger partial charge in [0.1, 0.15) is 0 Å². The second kappa shape index (κ2) is 8.86. The Morgan fingerprint density at radius 1 is 0.970 bits per heavy atom. The van der Waals surface area contributed by atoms with Gasteiger partial charge in [0.05, 0.1) is 18.2 Å². The van der Waals surface area contributed by atoms with Crippen molar-refractivity contribution in [2.75, 3.05) is 31.1 Å². The van der Waals surface area contributed by atoms with Gasteiger partial charge in [-0.2, -0.15) is 0 Å². The van der Waals surface area contributed by atoms with E-state index in [-0.39, 0.29) is 30.2 Å². The van der Waals surface area contributed by atoms with E-state index in [1.807, 2.05) is 48.7 Å². The van der Waals surface area contributed by atoms with Crippen molar-refractivity contribution in [3.05, 3.63) is 76.4 Å². The quantitative estimate of drug-likeness (QED) is 0.591.